The van der Waals surface area contributed by atoms with Gasteiger partial charge in [-0.2, -0.15) is 5.26 Å². The van der Waals surface area contributed by atoms with Crippen LogP contribution in [0.25, 0.3) is 10.8 Å². The Kier molecular flexibility index (Phi) is 4.44. The van der Waals surface area contributed by atoms with Crippen molar-refractivity contribution in [2.45, 2.75) is 6.92 Å². The number of nitrogens with zero attached hydrogens (tertiary/aromatic N) is 3. The number of hydrogen-bond acceptors (Lipinski definition) is 3. The standard InChI is InChI=1S/C17H19N3O/c1-4-20(12-17(21)19(2)3)16-10-9-13(11-18)14-7-5-6-8-15(14)16/h5-10H,4,12H2,1-3H3. The molecule has 2 rings (SSSR count). The van der Waals surface area contributed by atoms with E-state index in [1.54, 1.807) is 19.0 Å². The maximum Gasteiger partial charge on any atom is 0.241 e. The second kappa shape index (κ2) is 6.27. The zero-order valence-electron chi connectivity index (χ0n) is 12.6. The molecule has 21 heavy (non-hydrogen) atoms. The lowest BCUT2D eigenvalue weighted by molar-refractivity contribution is -0.127. The van der Waals surface area contributed by atoms with E-state index in [0.29, 0.717) is 12.1 Å². The fraction of sp³-hybridized carbons (Fsp3) is 0.294. The number of carbonyl (C=O) groups is 1. The van der Waals surface area contributed by atoms with Gasteiger partial charge in [-0.1, -0.05) is 24.3 Å². The first-order chi connectivity index (χ1) is 10.1. The molecule has 0 aliphatic carbocycles. The number of likely N-dealkylation sites (N-methyl/N-ethyl adjacent to an activating group) is 2. The molecular formula is C17H19N3O. The number of nitriles is 1. The van der Waals surface area contributed by atoms with Crippen molar-refractivity contribution in [2.75, 3.05) is 32.1 Å². The van der Waals surface area contributed by atoms with E-state index in [1.165, 1.54) is 0 Å². The summed E-state index contributed by atoms with van der Waals surface area (Å²) in [7, 11) is 3.51. The van der Waals surface area contributed by atoms with Gasteiger partial charge in [0, 0.05) is 37.1 Å². The first-order valence-electron chi connectivity index (χ1n) is 6.95. The Morgan fingerprint density at radius 2 is 1.81 bits per heavy atom. The van der Waals surface area contributed by atoms with Crippen LogP contribution >= 0.6 is 0 Å². The molecule has 4 heteroatoms. The summed E-state index contributed by atoms with van der Waals surface area (Å²) in [6.45, 7) is 3.09. The van der Waals surface area contributed by atoms with Gasteiger partial charge >= 0.3 is 0 Å². The SMILES string of the molecule is CCN(CC(=O)N(C)C)c1ccc(C#N)c2ccccc12. The summed E-state index contributed by atoms with van der Waals surface area (Å²) in [5.41, 5.74) is 1.65. The molecule has 0 N–H and O–H groups in total. The van der Waals surface area contributed by atoms with Gasteiger partial charge in [0.05, 0.1) is 18.2 Å². The Morgan fingerprint density at radius 1 is 1.14 bits per heavy atom. The number of fused-ring (bicyclic) bond motifs is 1. The zero-order chi connectivity index (χ0) is 15.4. The lowest BCUT2D eigenvalue weighted by atomic mass is 10.0. The van der Waals surface area contributed by atoms with Crippen molar-refractivity contribution in [2.24, 2.45) is 0 Å². The molecular weight excluding hydrogens is 262 g/mol. The Balaban J connectivity index is 2.50. The second-order valence-corrected chi connectivity index (χ2v) is 5.09. The Labute approximate surface area is 125 Å². The van der Waals surface area contributed by atoms with Crippen molar-refractivity contribution in [1.82, 2.24) is 4.90 Å². The third-order valence-corrected chi connectivity index (χ3v) is 3.57. The van der Waals surface area contributed by atoms with Gasteiger partial charge in [0.2, 0.25) is 5.91 Å². The topological polar surface area (TPSA) is 47.3 Å². The van der Waals surface area contributed by atoms with Gasteiger partial charge in [-0.3, -0.25) is 4.79 Å². The van der Waals surface area contributed by atoms with Crippen LogP contribution in [0.5, 0.6) is 0 Å². The third kappa shape index (κ3) is 2.97. The molecule has 0 saturated carbocycles. The highest BCUT2D eigenvalue weighted by molar-refractivity contribution is 5.98. The fourth-order valence-electron chi connectivity index (χ4n) is 2.33. The van der Waals surface area contributed by atoms with Gasteiger partial charge in [-0.05, 0) is 19.1 Å². The number of hydrogen-bond donors (Lipinski definition) is 0. The predicted molar refractivity (Wildman–Crippen MR) is 85.2 cm³/mol. The monoisotopic (exact) mass is 281 g/mol. The second-order valence-electron chi connectivity index (χ2n) is 5.09. The van der Waals surface area contributed by atoms with E-state index in [2.05, 4.69) is 6.07 Å². The van der Waals surface area contributed by atoms with E-state index in [0.717, 1.165) is 23.0 Å². The van der Waals surface area contributed by atoms with E-state index in [9.17, 15) is 10.1 Å². The number of carbonyl (C=O) groups excluding carboxylic acids is 1. The summed E-state index contributed by atoms with van der Waals surface area (Å²) in [6.07, 6.45) is 0. The van der Waals surface area contributed by atoms with Gasteiger partial charge in [0.1, 0.15) is 0 Å². The molecule has 0 radical (unpaired) electrons. The maximum atomic E-state index is 12.0. The number of amides is 1. The summed E-state index contributed by atoms with van der Waals surface area (Å²) in [4.78, 5) is 15.6. The van der Waals surface area contributed by atoms with Gasteiger partial charge < -0.3 is 9.80 Å². The molecule has 0 heterocycles. The molecule has 0 fully saturated rings. The highest BCUT2D eigenvalue weighted by Crippen LogP contribution is 2.29. The maximum absolute atomic E-state index is 12.0. The van der Waals surface area contributed by atoms with Crippen LogP contribution in [0.15, 0.2) is 36.4 Å². The molecule has 0 bridgehead atoms. The molecule has 0 aliphatic rings. The van der Waals surface area contributed by atoms with Gasteiger partial charge in [-0.15, -0.1) is 0 Å². The van der Waals surface area contributed by atoms with E-state index in [4.69, 9.17) is 0 Å². The number of benzene rings is 2. The molecule has 108 valence electrons. The van der Waals surface area contributed by atoms with Crippen molar-refractivity contribution in [3.63, 3.8) is 0 Å². The Bertz CT molecular complexity index is 701. The molecule has 0 unspecified atom stereocenters. The Hall–Kier alpha value is -2.54. The molecule has 2 aromatic rings. The average molecular weight is 281 g/mol. The molecule has 0 atom stereocenters. The largest absolute Gasteiger partial charge is 0.362 e. The minimum absolute atomic E-state index is 0.0605. The summed E-state index contributed by atoms with van der Waals surface area (Å²) in [6, 6.07) is 13.8. The minimum atomic E-state index is 0.0605. The predicted octanol–water partition coefficient (Wildman–Crippen LogP) is 2.63. The molecule has 0 aromatic heterocycles. The fourth-order valence-corrected chi connectivity index (χ4v) is 2.33. The van der Waals surface area contributed by atoms with E-state index in [1.807, 2.05) is 48.2 Å². The van der Waals surface area contributed by atoms with Crippen LogP contribution in [0.4, 0.5) is 5.69 Å². The van der Waals surface area contributed by atoms with Crippen LogP contribution < -0.4 is 4.90 Å². The van der Waals surface area contributed by atoms with Gasteiger partial charge in [0.15, 0.2) is 0 Å². The Morgan fingerprint density at radius 3 is 2.38 bits per heavy atom. The molecule has 0 saturated heterocycles. The lowest BCUT2D eigenvalue weighted by Crippen LogP contribution is -2.36. The van der Waals surface area contributed by atoms with Crippen molar-refractivity contribution >= 4 is 22.4 Å². The number of anilines is 1. The van der Waals surface area contributed by atoms with Crippen LogP contribution in [0, 0.1) is 11.3 Å². The van der Waals surface area contributed by atoms with Crippen LogP contribution in [-0.2, 0) is 4.79 Å². The normalized spacial score (nSPS) is 10.2. The molecule has 0 spiro atoms. The first-order valence-corrected chi connectivity index (χ1v) is 6.95. The van der Waals surface area contributed by atoms with Crippen molar-refractivity contribution in [1.29, 1.82) is 5.26 Å². The highest BCUT2D eigenvalue weighted by atomic mass is 16.2. The van der Waals surface area contributed by atoms with Crippen molar-refractivity contribution in [3.8, 4) is 6.07 Å². The zero-order valence-corrected chi connectivity index (χ0v) is 12.6. The smallest absolute Gasteiger partial charge is 0.241 e. The average Bonchev–Trinajstić information content (AvgIpc) is 2.51. The van der Waals surface area contributed by atoms with Crippen LogP contribution in [0.2, 0.25) is 0 Å². The van der Waals surface area contributed by atoms with Crippen molar-refractivity contribution in [3.05, 3.63) is 42.0 Å². The third-order valence-electron chi connectivity index (χ3n) is 3.57. The van der Waals surface area contributed by atoms with Crippen molar-refractivity contribution < 1.29 is 4.79 Å². The van der Waals surface area contributed by atoms with E-state index >= 15 is 0 Å². The molecule has 2 aromatic carbocycles. The van der Waals surface area contributed by atoms with E-state index < -0.39 is 0 Å². The highest BCUT2D eigenvalue weighted by Gasteiger charge is 2.15. The molecule has 0 aliphatic heterocycles. The number of rotatable bonds is 4. The summed E-state index contributed by atoms with van der Waals surface area (Å²) in [5.74, 6) is 0.0605. The van der Waals surface area contributed by atoms with Gasteiger partial charge in [-0.25, -0.2) is 0 Å². The van der Waals surface area contributed by atoms with E-state index in [-0.39, 0.29) is 5.91 Å². The summed E-state index contributed by atoms with van der Waals surface area (Å²) >= 11 is 0. The quantitative estimate of drug-likeness (QED) is 0.865. The summed E-state index contributed by atoms with van der Waals surface area (Å²) in [5, 5.41) is 11.1. The lowest BCUT2D eigenvalue weighted by Gasteiger charge is -2.25. The molecule has 1 amide bonds. The first kappa shape index (κ1) is 14.9. The van der Waals surface area contributed by atoms with Crippen LogP contribution in [0.3, 0.4) is 0 Å². The van der Waals surface area contributed by atoms with Crippen LogP contribution in [-0.4, -0.2) is 38.0 Å². The van der Waals surface area contributed by atoms with Gasteiger partial charge in [0.25, 0.3) is 0 Å². The van der Waals surface area contributed by atoms with Crippen LogP contribution in [0.1, 0.15) is 12.5 Å². The molecule has 4 nitrogen and oxygen atoms in total. The summed E-state index contributed by atoms with van der Waals surface area (Å²) < 4.78 is 0. The minimum Gasteiger partial charge on any atom is -0.362 e.